The quantitative estimate of drug-likeness (QED) is 0.260. The van der Waals surface area contributed by atoms with E-state index in [9.17, 15) is 0 Å². The summed E-state index contributed by atoms with van der Waals surface area (Å²) in [6.07, 6.45) is 5.59. The maximum absolute atomic E-state index is 6.00. The van der Waals surface area contributed by atoms with Crippen molar-refractivity contribution >= 4 is 38.3 Å². The molecule has 0 amide bonds. The van der Waals surface area contributed by atoms with Crippen molar-refractivity contribution in [1.82, 2.24) is 19.2 Å². The minimum Gasteiger partial charge on any atom is -0.492 e. The van der Waals surface area contributed by atoms with Crippen molar-refractivity contribution < 1.29 is 4.74 Å². The zero-order valence-corrected chi connectivity index (χ0v) is 23.3. The lowest BCUT2D eigenvalue weighted by molar-refractivity contribution is 0.250. The number of ether oxygens (including phenoxy) is 1. The molecule has 1 aliphatic heterocycles. The molecule has 0 aliphatic carbocycles. The van der Waals surface area contributed by atoms with Gasteiger partial charge < -0.3 is 19.4 Å². The Morgan fingerprint density at radius 3 is 2.50 bits per heavy atom. The highest BCUT2D eigenvalue weighted by atomic mass is 79.9. The number of para-hydroxylation sites is 1. The Bertz CT molecular complexity index is 1340. The molecule has 6 nitrogen and oxygen atoms in total. The molecular formula is C29H36BrN5O. The summed E-state index contributed by atoms with van der Waals surface area (Å²) >= 11 is 3.72. The lowest BCUT2D eigenvalue weighted by Gasteiger charge is -2.36. The zero-order valence-electron chi connectivity index (χ0n) is 21.7. The van der Waals surface area contributed by atoms with Crippen LogP contribution in [0.5, 0.6) is 5.75 Å². The summed E-state index contributed by atoms with van der Waals surface area (Å²) in [6.45, 7) is 3.86. The minimum atomic E-state index is 0.660. The summed E-state index contributed by atoms with van der Waals surface area (Å²) in [4.78, 5) is 12.0. The number of aromatic nitrogens is 2. The van der Waals surface area contributed by atoms with Gasteiger partial charge in [0.1, 0.15) is 11.4 Å². The molecule has 1 saturated heterocycles. The van der Waals surface area contributed by atoms with Crippen LogP contribution in [0.4, 0.5) is 5.69 Å². The van der Waals surface area contributed by atoms with Gasteiger partial charge in [0.15, 0.2) is 0 Å². The van der Waals surface area contributed by atoms with Gasteiger partial charge in [-0.3, -0.25) is 4.40 Å². The zero-order chi connectivity index (χ0) is 25.2. The van der Waals surface area contributed by atoms with E-state index in [2.05, 4.69) is 118 Å². The number of hydrogen-bond acceptors (Lipinski definition) is 5. The number of halogens is 1. The fourth-order valence-corrected chi connectivity index (χ4v) is 5.65. The second-order valence-corrected chi connectivity index (χ2v) is 11.1. The number of imidazole rings is 1. The lowest BCUT2D eigenvalue weighted by Crippen LogP contribution is -2.42. The van der Waals surface area contributed by atoms with Gasteiger partial charge in [0.05, 0.1) is 27.8 Å². The molecule has 190 valence electrons. The summed E-state index contributed by atoms with van der Waals surface area (Å²) in [5, 5.41) is 0. The van der Waals surface area contributed by atoms with Crippen LogP contribution in [0.1, 0.15) is 19.3 Å². The Hall–Kier alpha value is -2.61. The highest BCUT2D eigenvalue weighted by Gasteiger charge is 2.23. The molecule has 0 atom stereocenters. The molecule has 2 aromatic carbocycles. The van der Waals surface area contributed by atoms with Crippen LogP contribution in [-0.4, -0.2) is 79.7 Å². The molecule has 3 heterocycles. The second-order valence-electron chi connectivity index (χ2n) is 10.2. The van der Waals surface area contributed by atoms with Crippen molar-refractivity contribution in [2.75, 3.05) is 59.3 Å². The van der Waals surface area contributed by atoms with Gasteiger partial charge in [0.2, 0.25) is 0 Å². The Morgan fingerprint density at radius 2 is 1.78 bits per heavy atom. The number of hydrogen-bond donors (Lipinski definition) is 0. The average Bonchev–Trinajstić information content (AvgIpc) is 3.25. The second kappa shape index (κ2) is 10.8. The number of rotatable bonds is 8. The van der Waals surface area contributed by atoms with Crippen LogP contribution >= 0.6 is 15.9 Å². The van der Waals surface area contributed by atoms with E-state index in [1.54, 1.807) is 0 Å². The molecule has 7 heteroatoms. The molecular weight excluding hydrogens is 514 g/mol. The van der Waals surface area contributed by atoms with E-state index in [1.165, 1.54) is 24.0 Å². The van der Waals surface area contributed by atoms with Crippen molar-refractivity contribution in [2.24, 2.45) is 0 Å². The third kappa shape index (κ3) is 5.24. The van der Waals surface area contributed by atoms with Crippen LogP contribution in [0, 0.1) is 0 Å². The molecule has 1 fully saturated rings. The van der Waals surface area contributed by atoms with Gasteiger partial charge in [0, 0.05) is 31.9 Å². The molecule has 1 aliphatic rings. The smallest absolute Gasteiger partial charge is 0.138 e. The Morgan fingerprint density at radius 1 is 1.00 bits per heavy atom. The Labute approximate surface area is 222 Å². The third-order valence-electron chi connectivity index (χ3n) is 7.20. The van der Waals surface area contributed by atoms with Crippen LogP contribution in [0.25, 0.3) is 27.8 Å². The van der Waals surface area contributed by atoms with E-state index >= 15 is 0 Å². The summed E-state index contributed by atoms with van der Waals surface area (Å²) in [7, 11) is 8.55. The van der Waals surface area contributed by atoms with Gasteiger partial charge in [-0.05, 0) is 111 Å². The van der Waals surface area contributed by atoms with E-state index in [1.807, 2.05) is 0 Å². The first kappa shape index (κ1) is 25.1. The molecule has 5 rings (SSSR count). The van der Waals surface area contributed by atoms with Crippen molar-refractivity contribution in [3.05, 3.63) is 59.2 Å². The number of piperidine rings is 1. The monoisotopic (exact) mass is 549 g/mol. The number of pyridine rings is 1. The van der Waals surface area contributed by atoms with Crippen molar-refractivity contribution in [1.29, 1.82) is 0 Å². The largest absolute Gasteiger partial charge is 0.492 e. The first-order chi connectivity index (χ1) is 17.4. The molecule has 0 radical (unpaired) electrons. The SMILES string of the molecule is CN(C)CCCOc1ccc(-c2ccc3nc4cccc(N5CCC(N(C)C)CC5)c4n3c2)cc1Br. The molecule has 0 bridgehead atoms. The number of anilines is 1. The van der Waals surface area contributed by atoms with Crippen molar-refractivity contribution in [3.63, 3.8) is 0 Å². The van der Waals surface area contributed by atoms with Crippen molar-refractivity contribution in [3.8, 4) is 16.9 Å². The van der Waals surface area contributed by atoms with Gasteiger partial charge in [-0.2, -0.15) is 0 Å². The molecule has 0 saturated carbocycles. The summed E-state index contributed by atoms with van der Waals surface area (Å²) in [6, 6.07) is 17.8. The van der Waals surface area contributed by atoms with Crippen LogP contribution in [0.2, 0.25) is 0 Å². The average molecular weight is 551 g/mol. The summed E-state index contributed by atoms with van der Waals surface area (Å²) in [5.74, 6) is 0.884. The summed E-state index contributed by atoms with van der Waals surface area (Å²) < 4.78 is 9.24. The number of benzene rings is 2. The minimum absolute atomic E-state index is 0.660. The maximum atomic E-state index is 6.00. The van der Waals surface area contributed by atoms with E-state index in [0.29, 0.717) is 12.6 Å². The lowest BCUT2D eigenvalue weighted by atomic mass is 10.0. The first-order valence-electron chi connectivity index (χ1n) is 12.8. The van der Waals surface area contributed by atoms with Gasteiger partial charge in [0.25, 0.3) is 0 Å². The van der Waals surface area contributed by atoms with Gasteiger partial charge >= 0.3 is 0 Å². The topological polar surface area (TPSA) is 36.2 Å². The van der Waals surface area contributed by atoms with Crippen LogP contribution < -0.4 is 9.64 Å². The van der Waals surface area contributed by atoms with Gasteiger partial charge in [-0.1, -0.05) is 12.1 Å². The van der Waals surface area contributed by atoms with E-state index in [4.69, 9.17) is 9.72 Å². The molecule has 36 heavy (non-hydrogen) atoms. The Balaban J connectivity index is 1.43. The van der Waals surface area contributed by atoms with Crippen LogP contribution in [0.3, 0.4) is 0 Å². The molecule has 2 aromatic heterocycles. The fraction of sp³-hybridized carbons (Fsp3) is 0.414. The van der Waals surface area contributed by atoms with Crippen LogP contribution in [-0.2, 0) is 0 Å². The van der Waals surface area contributed by atoms with Crippen molar-refractivity contribution in [2.45, 2.75) is 25.3 Å². The number of fused-ring (bicyclic) bond motifs is 3. The highest BCUT2D eigenvalue weighted by molar-refractivity contribution is 9.10. The first-order valence-corrected chi connectivity index (χ1v) is 13.6. The summed E-state index contributed by atoms with van der Waals surface area (Å²) in [5.41, 5.74) is 6.79. The van der Waals surface area contributed by atoms with E-state index in [0.717, 1.165) is 58.6 Å². The Kier molecular flexibility index (Phi) is 7.51. The maximum Gasteiger partial charge on any atom is 0.138 e. The highest BCUT2D eigenvalue weighted by Crippen LogP contribution is 2.34. The number of nitrogens with zero attached hydrogens (tertiary/aromatic N) is 5. The van der Waals surface area contributed by atoms with Gasteiger partial charge in [-0.25, -0.2) is 4.98 Å². The molecule has 0 N–H and O–H groups in total. The molecule has 0 unspecified atom stereocenters. The standard InChI is InChI=1S/C29H36BrN5O/c1-32(2)15-6-18-36-27-11-9-21(19-24(27)30)22-10-12-28-31-25-7-5-8-26(29(25)35(28)20-22)34-16-13-23(14-17-34)33(3)4/h5,7-12,19-20,23H,6,13-18H2,1-4H3. The van der Waals surface area contributed by atoms with Gasteiger partial charge in [-0.15, -0.1) is 0 Å². The fourth-order valence-electron chi connectivity index (χ4n) is 5.15. The predicted octanol–water partition coefficient (Wildman–Crippen LogP) is 5.78. The van der Waals surface area contributed by atoms with E-state index in [-0.39, 0.29) is 0 Å². The normalized spacial score (nSPS) is 15.0. The van der Waals surface area contributed by atoms with Crippen LogP contribution in [0.15, 0.2) is 59.2 Å². The predicted molar refractivity (Wildman–Crippen MR) is 153 cm³/mol. The third-order valence-corrected chi connectivity index (χ3v) is 7.82. The molecule has 4 aromatic rings. The molecule has 0 spiro atoms. The van der Waals surface area contributed by atoms with E-state index < -0.39 is 0 Å².